The smallest absolute Gasteiger partial charge is 0.220 e. The van der Waals surface area contributed by atoms with Crippen LogP contribution in [-0.2, 0) is 11.3 Å². The van der Waals surface area contributed by atoms with Gasteiger partial charge in [-0.2, -0.15) is 0 Å². The monoisotopic (exact) mass is 452 g/mol. The van der Waals surface area contributed by atoms with Crippen LogP contribution in [0.1, 0.15) is 57.1 Å². The van der Waals surface area contributed by atoms with Crippen molar-refractivity contribution >= 4 is 43.1 Å². The minimum atomic E-state index is 0. The lowest BCUT2D eigenvalue weighted by Crippen LogP contribution is -2.46. The van der Waals surface area contributed by atoms with Gasteiger partial charge in [0.15, 0.2) is 0 Å². The summed E-state index contributed by atoms with van der Waals surface area (Å²) in [4.78, 5) is 19.3. The van der Waals surface area contributed by atoms with Crippen LogP contribution in [0, 0.1) is 5.41 Å². The lowest BCUT2D eigenvalue weighted by molar-refractivity contribution is -0.124. The number of halogens is 3. The minimum absolute atomic E-state index is 0. The summed E-state index contributed by atoms with van der Waals surface area (Å²) in [5.41, 5.74) is 7.19. The van der Waals surface area contributed by atoms with Gasteiger partial charge in [-0.25, -0.2) is 0 Å². The van der Waals surface area contributed by atoms with Crippen LogP contribution in [0.15, 0.2) is 24.4 Å². The van der Waals surface area contributed by atoms with Crippen LogP contribution >= 0.6 is 37.2 Å². The van der Waals surface area contributed by atoms with Crippen LogP contribution in [0.3, 0.4) is 0 Å². The van der Waals surface area contributed by atoms with Crippen molar-refractivity contribution < 1.29 is 4.79 Å². The van der Waals surface area contributed by atoms with E-state index in [0.717, 1.165) is 51.0 Å². The lowest BCUT2D eigenvalue weighted by Gasteiger charge is -2.37. The van der Waals surface area contributed by atoms with Crippen molar-refractivity contribution in [1.82, 2.24) is 15.2 Å². The summed E-state index contributed by atoms with van der Waals surface area (Å²) in [7, 11) is 0. The summed E-state index contributed by atoms with van der Waals surface area (Å²) < 4.78 is 0. The molecule has 0 unspecified atom stereocenters. The SMILES string of the molecule is Cl.Cl.Cl.NCC1(CC(=O)NC2CCN(Cc3ccccn3)CC2)CCCCC1. The minimum Gasteiger partial charge on any atom is -0.353 e. The van der Waals surface area contributed by atoms with Gasteiger partial charge in [0.25, 0.3) is 0 Å². The molecule has 0 bridgehead atoms. The second-order valence-corrected chi connectivity index (χ2v) is 7.88. The normalized spacial score (nSPS) is 19.5. The molecule has 8 heteroatoms. The van der Waals surface area contributed by atoms with Crippen LogP contribution in [0.25, 0.3) is 0 Å². The number of rotatable bonds is 6. The number of likely N-dealkylation sites (tertiary alicyclic amines) is 1. The fourth-order valence-electron chi connectivity index (χ4n) is 4.33. The van der Waals surface area contributed by atoms with E-state index >= 15 is 0 Å². The maximum atomic E-state index is 12.5. The predicted molar refractivity (Wildman–Crippen MR) is 122 cm³/mol. The summed E-state index contributed by atoms with van der Waals surface area (Å²) >= 11 is 0. The molecule has 1 saturated carbocycles. The van der Waals surface area contributed by atoms with E-state index in [2.05, 4.69) is 21.3 Å². The first kappa shape index (κ1) is 27.4. The molecule has 162 valence electrons. The van der Waals surface area contributed by atoms with Crippen LogP contribution in [0.2, 0.25) is 0 Å². The lowest BCUT2D eigenvalue weighted by atomic mass is 9.71. The summed E-state index contributed by atoms with van der Waals surface area (Å²) in [5.74, 6) is 0.204. The summed E-state index contributed by atoms with van der Waals surface area (Å²) in [6.45, 7) is 3.58. The molecule has 1 aromatic rings. The highest BCUT2D eigenvalue weighted by Gasteiger charge is 2.33. The Balaban J connectivity index is 0.00000243. The second-order valence-electron chi connectivity index (χ2n) is 7.88. The Morgan fingerprint density at radius 2 is 1.82 bits per heavy atom. The first-order valence-electron chi connectivity index (χ1n) is 9.81. The number of hydrogen-bond donors (Lipinski definition) is 2. The number of carbonyl (C=O) groups is 1. The zero-order valence-corrected chi connectivity index (χ0v) is 18.9. The van der Waals surface area contributed by atoms with Crippen molar-refractivity contribution in [3.05, 3.63) is 30.1 Å². The van der Waals surface area contributed by atoms with E-state index in [1.165, 1.54) is 19.3 Å². The van der Waals surface area contributed by atoms with E-state index in [0.29, 0.717) is 19.0 Å². The van der Waals surface area contributed by atoms with E-state index in [1.807, 2.05) is 18.3 Å². The predicted octanol–water partition coefficient (Wildman–Crippen LogP) is 3.73. The number of nitrogens with two attached hydrogens (primary N) is 1. The number of hydrogen-bond acceptors (Lipinski definition) is 4. The van der Waals surface area contributed by atoms with Crippen LogP contribution in [0.5, 0.6) is 0 Å². The molecule has 0 atom stereocenters. The molecule has 1 aliphatic heterocycles. The van der Waals surface area contributed by atoms with E-state index in [-0.39, 0.29) is 48.5 Å². The first-order chi connectivity index (χ1) is 12.2. The van der Waals surface area contributed by atoms with Gasteiger partial charge in [0.1, 0.15) is 0 Å². The molecule has 1 aromatic heterocycles. The number of pyridine rings is 1. The topological polar surface area (TPSA) is 71.2 Å². The quantitative estimate of drug-likeness (QED) is 0.688. The van der Waals surface area contributed by atoms with Gasteiger partial charge in [-0.1, -0.05) is 25.3 Å². The Hall–Kier alpha value is -0.590. The number of carbonyl (C=O) groups excluding carboxylic acids is 1. The fraction of sp³-hybridized carbons (Fsp3) is 0.700. The average molecular weight is 454 g/mol. The van der Waals surface area contributed by atoms with Gasteiger partial charge in [0.2, 0.25) is 5.91 Å². The van der Waals surface area contributed by atoms with Crippen molar-refractivity contribution in [2.75, 3.05) is 19.6 Å². The Bertz CT molecular complexity index is 548. The van der Waals surface area contributed by atoms with Crippen LogP contribution in [0.4, 0.5) is 0 Å². The van der Waals surface area contributed by atoms with E-state index in [1.54, 1.807) is 0 Å². The van der Waals surface area contributed by atoms with Gasteiger partial charge in [0, 0.05) is 38.3 Å². The van der Waals surface area contributed by atoms with Crippen molar-refractivity contribution in [1.29, 1.82) is 0 Å². The molecule has 0 spiro atoms. The van der Waals surface area contributed by atoms with Crippen molar-refractivity contribution in [2.45, 2.75) is 64.0 Å². The molecular weight excluding hydrogens is 419 g/mol. The number of piperidine rings is 1. The summed E-state index contributed by atoms with van der Waals surface area (Å²) in [5, 5.41) is 3.27. The molecule has 1 saturated heterocycles. The zero-order chi connectivity index (χ0) is 17.5. The molecule has 0 radical (unpaired) electrons. The van der Waals surface area contributed by atoms with Crippen molar-refractivity contribution in [3.8, 4) is 0 Å². The number of nitrogens with zero attached hydrogens (tertiary/aromatic N) is 2. The Kier molecular flexibility index (Phi) is 13.3. The van der Waals surface area contributed by atoms with Crippen molar-refractivity contribution in [2.24, 2.45) is 11.1 Å². The molecule has 2 fully saturated rings. The molecule has 28 heavy (non-hydrogen) atoms. The second kappa shape index (κ2) is 13.6. The number of nitrogens with one attached hydrogen (secondary N) is 1. The molecule has 5 nitrogen and oxygen atoms in total. The number of amides is 1. The highest BCUT2D eigenvalue weighted by atomic mass is 35.5. The molecule has 0 aromatic carbocycles. The molecule has 3 rings (SSSR count). The van der Waals surface area contributed by atoms with E-state index in [4.69, 9.17) is 5.73 Å². The highest BCUT2D eigenvalue weighted by Crippen LogP contribution is 2.38. The average Bonchev–Trinajstić information content (AvgIpc) is 2.65. The van der Waals surface area contributed by atoms with E-state index < -0.39 is 0 Å². The van der Waals surface area contributed by atoms with Gasteiger partial charge in [-0.05, 0) is 49.8 Å². The Morgan fingerprint density at radius 1 is 1.14 bits per heavy atom. The number of aromatic nitrogens is 1. The largest absolute Gasteiger partial charge is 0.353 e. The Morgan fingerprint density at radius 3 is 2.39 bits per heavy atom. The van der Waals surface area contributed by atoms with Crippen molar-refractivity contribution in [3.63, 3.8) is 0 Å². The van der Waals surface area contributed by atoms with Gasteiger partial charge in [-0.3, -0.25) is 14.7 Å². The summed E-state index contributed by atoms with van der Waals surface area (Å²) in [6.07, 6.45) is 10.4. The van der Waals surface area contributed by atoms with Gasteiger partial charge in [-0.15, -0.1) is 37.2 Å². The fourth-order valence-corrected chi connectivity index (χ4v) is 4.33. The highest BCUT2D eigenvalue weighted by molar-refractivity contribution is 5.86. The molecule has 1 aliphatic carbocycles. The third kappa shape index (κ3) is 8.03. The van der Waals surface area contributed by atoms with Crippen LogP contribution in [-0.4, -0.2) is 41.5 Å². The standard InChI is InChI=1S/C20H32N4O.3ClH/c21-16-20(9-3-1-4-10-20)14-19(25)23-17-7-12-24(13-8-17)15-18-6-2-5-11-22-18;;;/h2,5-6,11,17H,1,3-4,7-10,12-16,21H2,(H,23,25);3*1H. The molecule has 1 amide bonds. The zero-order valence-electron chi connectivity index (χ0n) is 16.5. The summed E-state index contributed by atoms with van der Waals surface area (Å²) in [6, 6.07) is 6.37. The third-order valence-corrected chi connectivity index (χ3v) is 5.95. The van der Waals surface area contributed by atoms with Crippen LogP contribution < -0.4 is 11.1 Å². The molecule has 2 aliphatic rings. The maximum Gasteiger partial charge on any atom is 0.220 e. The third-order valence-electron chi connectivity index (χ3n) is 5.95. The van der Waals surface area contributed by atoms with E-state index in [9.17, 15) is 4.79 Å². The molecule has 3 N–H and O–H groups in total. The maximum absolute atomic E-state index is 12.5. The van der Waals surface area contributed by atoms with Gasteiger partial charge < -0.3 is 11.1 Å². The van der Waals surface area contributed by atoms with Gasteiger partial charge in [0.05, 0.1) is 5.69 Å². The van der Waals surface area contributed by atoms with Gasteiger partial charge >= 0.3 is 0 Å². The Labute approximate surface area is 187 Å². The molecule has 2 heterocycles. The first-order valence-corrected chi connectivity index (χ1v) is 9.81. The molecular formula is C20H35Cl3N4O.